The Hall–Kier alpha value is -1.34. The van der Waals surface area contributed by atoms with Crippen molar-refractivity contribution in [2.24, 2.45) is 11.8 Å². The smallest absolute Gasteiger partial charge is 0.340 e. The van der Waals surface area contributed by atoms with Crippen LogP contribution in [0.25, 0.3) is 0 Å². The maximum atomic E-state index is 12.2. The lowest BCUT2D eigenvalue weighted by Gasteiger charge is -2.06. The highest BCUT2D eigenvalue weighted by atomic mass is 32.2. The number of aryl methyl sites for hydroxylation is 2. The van der Waals surface area contributed by atoms with E-state index in [1.54, 1.807) is 0 Å². The molecule has 1 saturated carbocycles. The van der Waals surface area contributed by atoms with E-state index in [0.29, 0.717) is 18.4 Å². The van der Waals surface area contributed by atoms with Gasteiger partial charge in [-0.05, 0) is 32.1 Å². The molecule has 19 heavy (non-hydrogen) atoms. The van der Waals surface area contributed by atoms with Crippen LogP contribution in [0.5, 0.6) is 0 Å². The lowest BCUT2D eigenvalue weighted by molar-refractivity contribution is 0.0691. The zero-order chi connectivity index (χ0) is 14.4. The van der Waals surface area contributed by atoms with Crippen LogP contribution in [0.2, 0.25) is 0 Å². The molecule has 0 amide bonds. The molecule has 6 nitrogen and oxygen atoms in total. The molecule has 0 bridgehead atoms. The van der Waals surface area contributed by atoms with Crippen molar-refractivity contribution < 1.29 is 22.7 Å². The van der Waals surface area contributed by atoms with E-state index in [1.165, 1.54) is 13.8 Å². The number of carbonyl (C=O) groups is 1. The normalized spacial score (nSPS) is 22.5. The highest BCUT2D eigenvalue weighted by molar-refractivity contribution is 7.89. The summed E-state index contributed by atoms with van der Waals surface area (Å²) in [5.41, 5.74) is -0.283. The predicted molar refractivity (Wildman–Crippen MR) is 67.6 cm³/mol. The maximum absolute atomic E-state index is 12.2. The highest BCUT2D eigenvalue weighted by Crippen LogP contribution is 2.37. The minimum atomic E-state index is -3.85. The molecule has 2 rings (SSSR count). The Morgan fingerprint density at radius 1 is 1.42 bits per heavy atom. The van der Waals surface area contributed by atoms with Gasteiger partial charge in [0.25, 0.3) is 0 Å². The van der Waals surface area contributed by atoms with Crippen molar-refractivity contribution in [1.29, 1.82) is 0 Å². The van der Waals surface area contributed by atoms with Gasteiger partial charge in [-0.3, -0.25) is 0 Å². The summed E-state index contributed by atoms with van der Waals surface area (Å²) in [5.74, 6) is -0.226. The van der Waals surface area contributed by atoms with E-state index >= 15 is 0 Å². The van der Waals surface area contributed by atoms with Gasteiger partial charge in [0.1, 0.15) is 22.0 Å². The first-order valence-corrected chi connectivity index (χ1v) is 7.55. The van der Waals surface area contributed by atoms with Crippen molar-refractivity contribution in [3.05, 3.63) is 17.1 Å². The Morgan fingerprint density at radius 3 is 2.47 bits per heavy atom. The van der Waals surface area contributed by atoms with Crippen LogP contribution in [0.1, 0.15) is 35.2 Å². The van der Waals surface area contributed by atoms with Gasteiger partial charge < -0.3 is 9.52 Å². The quantitative estimate of drug-likeness (QED) is 0.856. The van der Waals surface area contributed by atoms with Crippen LogP contribution in [0, 0.1) is 25.7 Å². The number of rotatable bonds is 5. The van der Waals surface area contributed by atoms with Crippen molar-refractivity contribution in [2.75, 3.05) is 6.54 Å². The van der Waals surface area contributed by atoms with Gasteiger partial charge in [-0.1, -0.05) is 6.92 Å². The second kappa shape index (κ2) is 4.64. The minimum Gasteiger partial charge on any atom is -0.478 e. The molecule has 2 unspecified atom stereocenters. The summed E-state index contributed by atoms with van der Waals surface area (Å²) < 4.78 is 32.0. The molecule has 1 fully saturated rings. The van der Waals surface area contributed by atoms with Gasteiger partial charge in [0, 0.05) is 6.54 Å². The summed E-state index contributed by atoms with van der Waals surface area (Å²) in [4.78, 5) is 10.9. The molecule has 106 valence electrons. The number of aromatic carboxylic acids is 1. The summed E-state index contributed by atoms with van der Waals surface area (Å²) >= 11 is 0. The first kappa shape index (κ1) is 14.1. The maximum Gasteiger partial charge on any atom is 0.340 e. The lowest BCUT2D eigenvalue weighted by Crippen LogP contribution is -2.27. The third-order valence-electron chi connectivity index (χ3n) is 3.50. The van der Waals surface area contributed by atoms with E-state index in [2.05, 4.69) is 11.6 Å². The fourth-order valence-corrected chi connectivity index (χ4v) is 3.70. The topological polar surface area (TPSA) is 96.6 Å². The zero-order valence-electron chi connectivity index (χ0n) is 11.1. The summed E-state index contributed by atoms with van der Waals surface area (Å²) in [7, 11) is -3.85. The van der Waals surface area contributed by atoms with Gasteiger partial charge in [-0.2, -0.15) is 0 Å². The van der Waals surface area contributed by atoms with Crippen molar-refractivity contribution in [1.82, 2.24) is 4.72 Å². The van der Waals surface area contributed by atoms with E-state index in [1.807, 2.05) is 0 Å². The predicted octanol–water partition coefficient (Wildman–Crippen LogP) is 1.53. The number of carboxylic acids is 1. The van der Waals surface area contributed by atoms with Crippen LogP contribution in [0.3, 0.4) is 0 Å². The summed E-state index contributed by atoms with van der Waals surface area (Å²) in [6, 6.07) is 0. The molecule has 1 aliphatic carbocycles. The fourth-order valence-electron chi connectivity index (χ4n) is 2.21. The molecule has 2 N–H and O–H groups in total. The van der Waals surface area contributed by atoms with E-state index in [0.717, 1.165) is 6.42 Å². The third-order valence-corrected chi connectivity index (χ3v) is 5.08. The minimum absolute atomic E-state index is 0.102. The average Bonchev–Trinajstić information content (AvgIpc) is 2.88. The summed E-state index contributed by atoms with van der Waals surface area (Å²) in [6.45, 7) is 5.29. The lowest BCUT2D eigenvalue weighted by atomic mass is 10.2. The van der Waals surface area contributed by atoms with E-state index in [-0.39, 0.29) is 22.0 Å². The largest absolute Gasteiger partial charge is 0.478 e. The molecule has 0 aromatic carbocycles. The number of nitrogens with one attached hydrogen (secondary N) is 1. The van der Waals surface area contributed by atoms with Gasteiger partial charge in [-0.25, -0.2) is 17.9 Å². The molecule has 1 aromatic rings. The fraction of sp³-hybridized carbons (Fsp3) is 0.583. The Morgan fingerprint density at radius 2 is 2.00 bits per heavy atom. The summed E-state index contributed by atoms with van der Waals surface area (Å²) in [6.07, 6.45) is 0.998. The van der Waals surface area contributed by atoms with Crippen LogP contribution < -0.4 is 4.72 Å². The molecule has 1 heterocycles. The van der Waals surface area contributed by atoms with Crippen molar-refractivity contribution in [3.8, 4) is 0 Å². The second-order valence-corrected chi connectivity index (χ2v) is 6.75. The first-order valence-electron chi connectivity index (χ1n) is 6.07. The molecule has 0 radical (unpaired) electrons. The van der Waals surface area contributed by atoms with Crippen molar-refractivity contribution >= 4 is 16.0 Å². The van der Waals surface area contributed by atoms with Gasteiger partial charge in [-0.15, -0.1) is 0 Å². The Bertz CT molecular complexity index is 616. The van der Waals surface area contributed by atoms with Crippen molar-refractivity contribution in [3.63, 3.8) is 0 Å². The second-order valence-electron chi connectivity index (χ2n) is 5.05. The van der Waals surface area contributed by atoms with Gasteiger partial charge >= 0.3 is 5.97 Å². The van der Waals surface area contributed by atoms with Crippen LogP contribution in [-0.4, -0.2) is 26.0 Å². The third kappa shape index (κ3) is 2.66. The van der Waals surface area contributed by atoms with Crippen LogP contribution in [0.4, 0.5) is 0 Å². The molecule has 1 aromatic heterocycles. The Balaban J connectivity index is 2.31. The number of furan rings is 1. The molecular formula is C12H17NO5S. The summed E-state index contributed by atoms with van der Waals surface area (Å²) in [5, 5.41) is 9.10. The van der Waals surface area contributed by atoms with Gasteiger partial charge in [0.05, 0.1) is 0 Å². The van der Waals surface area contributed by atoms with E-state index < -0.39 is 16.0 Å². The number of hydrogen-bond donors (Lipinski definition) is 2. The molecule has 0 aliphatic heterocycles. The Kier molecular flexibility index (Phi) is 3.44. The SMILES string of the molecule is Cc1oc(C)c(S(=O)(=O)NCC2CC2C)c1C(=O)O. The number of hydrogen-bond acceptors (Lipinski definition) is 4. The van der Waals surface area contributed by atoms with Crippen LogP contribution in [0.15, 0.2) is 9.31 Å². The molecule has 0 spiro atoms. The number of sulfonamides is 1. The van der Waals surface area contributed by atoms with Crippen molar-refractivity contribution in [2.45, 2.75) is 32.1 Å². The zero-order valence-corrected chi connectivity index (χ0v) is 11.9. The van der Waals surface area contributed by atoms with Crippen LogP contribution >= 0.6 is 0 Å². The first-order chi connectivity index (χ1) is 8.74. The molecule has 2 atom stereocenters. The van der Waals surface area contributed by atoms with Gasteiger partial charge in [0.15, 0.2) is 0 Å². The Labute approximate surface area is 111 Å². The average molecular weight is 287 g/mol. The molecule has 1 aliphatic rings. The molecule has 7 heteroatoms. The van der Waals surface area contributed by atoms with E-state index in [9.17, 15) is 13.2 Å². The van der Waals surface area contributed by atoms with Gasteiger partial charge in [0.2, 0.25) is 10.0 Å². The molecular weight excluding hydrogens is 270 g/mol. The highest BCUT2D eigenvalue weighted by Gasteiger charge is 2.35. The number of carboxylic acid groups (broad SMARTS) is 1. The standard InChI is InChI=1S/C12H17NO5S/c1-6-4-9(6)5-13-19(16,17)11-8(3)18-7(2)10(11)12(14)15/h6,9,13H,4-5H2,1-3H3,(H,14,15). The monoisotopic (exact) mass is 287 g/mol. The van der Waals surface area contributed by atoms with E-state index in [4.69, 9.17) is 9.52 Å². The van der Waals surface area contributed by atoms with Crippen LogP contribution in [-0.2, 0) is 10.0 Å². The molecule has 0 saturated heterocycles.